The van der Waals surface area contributed by atoms with Gasteiger partial charge in [0.1, 0.15) is 0 Å². The fourth-order valence-corrected chi connectivity index (χ4v) is 1.55. The van der Waals surface area contributed by atoms with Crippen molar-refractivity contribution in [3.05, 3.63) is 0 Å². The SMILES string of the molecule is CCOC(=O)C[C@H](C[C@H](C)CC)NC(C)=O. The Labute approximate surface area is 97.7 Å². The van der Waals surface area contributed by atoms with E-state index < -0.39 is 0 Å². The largest absolute Gasteiger partial charge is 0.466 e. The minimum atomic E-state index is -0.246. The average Bonchev–Trinajstić information content (AvgIpc) is 2.16. The lowest BCUT2D eigenvalue weighted by Gasteiger charge is -2.20. The molecule has 0 aliphatic rings. The minimum Gasteiger partial charge on any atom is -0.466 e. The van der Waals surface area contributed by atoms with Crippen LogP contribution in [0.3, 0.4) is 0 Å². The van der Waals surface area contributed by atoms with Gasteiger partial charge in [-0.3, -0.25) is 9.59 Å². The second kappa shape index (κ2) is 8.13. The summed E-state index contributed by atoms with van der Waals surface area (Å²) in [6.45, 7) is 7.84. The van der Waals surface area contributed by atoms with Gasteiger partial charge in [-0.05, 0) is 19.3 Å². The fraction of sp³-hybridized carbons (Fsp3) is 0.833. The summed E-state index contributed by atoms with van der Waals surface area (Å²) in [6.07, 6.45) is 2.12. The highest BCUT2D eigenvalue weighted by molar-refractivity contribution is 5.75. The van der Waals surface area contributed by atoms with Crippen molar-refractivity contribution in [3.63, 3.8) is 0 Å². The Morgan fingerprint density at radius 1 is 1.31 bits per heavy atom. The van der Waals surface area contributed by atoms with Crippen LogP contribution < -0.4 is 5.32 Å². The van der Waals surface area contributed by atoms with Crippen LogP contribution in [0.2, 0.25) is 0 Å². The second-order valence-corrected chi connectivity index (χ2v) is 4.16. The van der Waals surface area contributed by atoms with Crippen molar-refractivity contribution in [2.45, 2.75) is 53.0 Å². The summed E-state index contributed by atoms with van der Waals surface area (Å²) in [5.41, 5.74) is 0. The standard InChI is InChI=1S/C12H23NO3/c1-5-9(3)7-11(13-10(4)14)8-12(15)16-6-2/h9,11H,5-8H2,1-4H3,(H,13,14)/t9-,11+/m1/s1. The van der Waals surface area contributed by atoms with Gasteiger partial charge in [-0.25, -0.2) is 0 Å². The third kappa shape index (κ3) is 7.26. The van der Waals surface area contributed by atoms with E-state index in [2.05, 4.69) is 19.2 Å². The summed E-state index contributed by atoms with van der Waals surface area (Å²) in [5.74, 6) is 0.147. The van der Waals surface area contributed by atoms with Gasteiger partial charge in [0.2, 0.25) is 5.91 Å². The van der Waals surface area contributed by atoms with E-state index in [9.17, 15) is 9.59 Å². The molecule has 0 aromatic rings. The van der Waals surface area contributed by atoms with Crippen LogP contribution >= 0.6 is 0 Å². The van der Waals surface area contributed by atoms with E-state index in [0.29, 0.717) is 12.5 Å². The highest BCUT2D eigenvalue weighted by Crippen LogP contribution is 2.12. The normalized spacial score (nSPS) is 14.0. The Bertz CT molecular complexity index is 228. The number of nitrogens with one attached hydrogen (secondary N) is 1. The first kappa shape index (κ1) is 14.9. The molecule has 0 aromatic carbocycles. The highest BCUT2D eigenvalue weighted by atomic mass is 16.5. The summed E-state index contributed by atoms with van der Waals surface area (Å²) in [5, 5.41) is 2.79. The molecule has 0 aliphatic carbocycles. The third-order valence-corrected chi connectivity index (χ3v) is 2.51. The van der Waals surface area contributed by atoms with Crippen LogP contribution in [0.15, 0.2) is 0 Å². The molecule has 0 saturated heterocycles. The molecule has 0 aromatic heterocycles. The zero-order valence-corrected chi connectivity index (χ0v) is 10.7. The Morgan fingerprint density at radius 2 is 1.94 bits per heavy atom. The van der Waals surface area contributed by atoms with Gasteiger partial charge in [-0.1, -0.05) is 20.3 Å². The van der Waals surface area contributed by atoms with Crippen molar-refractivity contribution in [2.75, 3.05) is 6.61 Å². The summed E-state index contributed by atoms with van der Waals surface area (Å²) in [6, 6.07) is -0.105. The maximum Gasteiger partial charge on any atom is 0.307 e. The lowest BCUT2D eigenvalue weighted by Crippen LogP contribution is -2.36. The predicted octanol–water partition coefficient (Wildman–Crippen LogP) is 1.88. The summed E-state index contributed by atoms with van der Waals surface area (Å²) >= 11 is 0. The average molecular weight is 229 g/mol. The lowest BCUT2D eigenvalue weighted by molar-refractivity contribution is -0.143. The molecular weight excluding hydrogens is 206 g/mol. The van der Waals surface area contributed by atoms with Crippen molar-refractivity contribution in [1.29, 1.82) is 0 Å². The number of carbonyl (C=O) groups is 2. The van der Waals surface area contributed by atoms with E-state index in [1.54, 1.807) is 6.92 Å². The third-order valence-electron chi connectivity index (χ3n) is 2.51. The molecule has 1 amide bonds. The number of amides is 1. The molecule has 4 heteroatoms. The van der Waals surface area contributed by atoms with Gasteiger partial charge in [0, 0.05) is 13.0 Å². The predicted molar refractivity (Wildman–Crippen MR) is 62.9 cm³/mol. The first-order valence-corrected chi connectivity index (χ1v) is 5.92. The van der Waals surface area contributed by atoms with E-state index in [0.717, 1.165) is 12.8 Å². The van der Waals surface area contributed by atoms with Crippen LogP contribution in [0.5, 0.6) is 0 Å². The zero-order chi connectivity index (χ0) is 12.6. The molecule has 0 saturated carbocycles. The molecule has 0 bridgehead atoms. The second-order valence-electron chi connectivity index (χ2n) is 4.16. The van der Waals surface area contributed by atoms with Gasteiger partial charge < -0.3 is 10.1 Å². The molecular formula is C12H23NO3. The molecule has 94 valence electrons. The summed E-state index contributed by atoms with van der Waals surface area (Å²) in [7, 11) is 0. The highest BCUT2D eigenvalue weighted by Gasteiger charge is 2.17. The maximum atomic E-state index is 11.3. The summed E-state index contributed by atoms with van der Waals surface area (Å²) < 4.78 is 4.88. The van der Waals surface area contributed by atoms with E-state index in [-0.39, 0.29) is 24.3 Å². The lowest BCUT2D eigenvalue weighted by atomic mass is 9.97. The fourth-order valence-electron chi connectivity index (χ4n) is 1.55. The summed E-state index contributed by atoms with van der Waals surface area (Å²) in [4.78, 5) is 22.3. The number of rotatable bonds is 7. The molecule has 4 nitrogen and oxygen atoms in total. The van der Waals surface area contributed by atoms with E-state index >= 15 is 0 Å². The monoisotopic (exact) mass is 229 g/mol. The van der Waals surface area contributed by atoms with Gasteiger partial charge in [0.05, 0.1) is 13.0 Å². The minimum absolute atomic E-state index is 0.0994. The topological polar surface area (TPSA) is 55.4 Å². The number of esters is 1. The Kier molecular flexibility index (Phi) is 7.60. The molecule has 0 unspecified atom stereocenters. The smallest absolute Gasteiger partial charge is 0.307 e. The van der Waals surface area contributed by atoms with Crippen LogP contribution in [0.25, 0.3) is 0 Å². The van der Waals surface area contributed by atoms with E-state index in [1.807, 2.05) is 0 Å². The van der Waals surface area contributed by atoms with Gasteiger partial charge in [0.25, 0.3) is 0 Å². The van der Waals surface area contributed by atoms with Crippen molar-refractivity contribution >= 4 is 11.9 Å². The van der Waals surface area contributed by atoms with Crippen LogP contribution in [-0.2, 0) is 14.3 Å². The molecule has 0 fully saturated rings. The Morgan fingerprint density at radius 3 is 2.38 bits per heavy atom. The quantitative estimate of drug-likeness (QED) is 0.678. The molecule has 2 atom stereocenters. The molecule has 0 heterocycles. The Balaban J connectivity index is 4.19. The molecule has 1 N–H and O–H groups in total. The first-order valence-electron chi connectivity index (χ1n) is 5.92. The Hall–Kier alpha value is -1.06. The van der Waals surface area contributed by atoms with E-state index in [4.69, 9.17) is 4.74 Å². The molecule has 0 spiro atoms. The van der Waals surface area contributed by atoms with Crippen LogP contribution in [0.4, 0.5) is 0 Å². The van der Waals surface area contributed by atoms with Crippen LogP contribution in [-0.4, -0.2) is 24.5 Å². The van der Waals surface area contributed by atoms with Gasteiger partial charge in [-0.15, -0.1) is 0 Å². The number of hydrogen-bond donors (Lipinski definition) is 1. The van der Waals surface area contributed by atoms with Crippen molar-refractivity contribution in [2.24, 2.45) is 5.92 Å². The number of hydrogen-bond acceptors (Lipinski definition) is 3. The van der Waals surface area contributed by atoms with Crippen LogP contribution in [0, 0.1) is 5.92 Å². The van der Waals surface area contributed by atoms with Crippen molar-refractivity contribution < 1.29 is 14.3 Å². The number of carbonyl (C=O) groups excluding carboxylic acids is 2. The number of ether oxygens (including phenoxy) is 1. The zero-order valence-electron chi connectivity index (χ0n) is 10.7. The molecule has 0 radical (unpaired) electrons. The van der Waals surface area contributed by atoms with Crippen LogP contribution in [0.1, 0.15) is 47.0 Å². The van der Waals surface area contributed by atoms with Gasteiger partial charge >= 0.3 is 5.97 Å². The van der Waals surface area contributed by atoms with Gasteiger partial charge in [0.15, 0.2) is 0 Å². The molecule has 16 heavy (non-hydrogen) atoms. The molecule has 0 rings (SSSR count). The first-order chi connectivity index (χ1) is 7.49. The van der Waals surface area contributed by atoms with Crippen molar-refractivity contribution in [3.8, 4) is 0 Å². The maximum absolute atomic E-state index is 11.3. The van der Waals surface area contributed by atoms with Crippen molar-refractivity contribution in [1.82, 2.24) is 5.32 Å². The molecule has 0 aliphatic heterocycles. The van der Waals surface area contributed by atoms with Gasteiger partial charge in [-0.2, -0.15) is 0 Å². The van der Waals surface area contributed by atoms with E-state index in [1.165, 1.54) is 6.92 Å².